The van der Waals surface area contributed by atoms with Crippen LogP contribution in [0, 0.1) is 6.92 Å². The van der Waals surface area contributed by atoms with Crippen molar-refractivity contribution in [1.29, 1.82) is 0 Å². The molecule has 2 aliphatic rings. The van der Waals surface area contributed by atoms with Crippen LogP contribution in [0.2, 0.25) is 0 Å². The predicted molar refractivity (Wildman–Crippen MR) is 115 cm³/mol. The Hall–Kier alpha value is -3.26. The van der Waals surface area contributed by atoms with Gasteiger partial charge in [0.05, 0.1) is 48.4 Å². The van der Waals surface area contributed by atoms with Crippen molar-refractivity contribution in [2.24, 2.45) is 0 Å². The van der Waals surface area contributed by atoms with Crippen LogP contribution in [0.15, 0.2) is 36.8 Å². The van der Waals surface area contributed by atoms with Crippen LogP contribution >= 0.6 is 0 Å². The molecule has 1 amide bonds. The number of methoxy groups -OCH3 is 1. The van der Waals surface area contributed by atoms with E-state index in [1.54, 1.807) is 24.4 Å². The SMILES string of the molecule is COc1cncc(-c2cc(C)c3c(n2)C(C)(C)N(c2ccn(C4CCOC4)n2)C3=O)c1. The minimum atomic E-state index is -0.648. The van der Waals surface area contributed by atoms with Crippen LogP contribution in [-0.2, 0) is 10.3 Å². The van der Waals surface area contributed by atoms with Crippen molar-refractivity contribution in [2.45, 2.75) is 38.8 Å². The van der Waals surface area contributed by atoms with Gasteiger partial charge in [0.25, 0.3) is 5.91 Å². The zero-order valence-corrected chi connectivity index (χ0v) is 18.1. The third-order valence-corrected chi connectivity index (χ3v) is 6.12. The van der Waals surface area contributed by atoms with E-state index in [4.69, 9.17) is 19.6 Å². The van der Waals surface area contributed by atoms with Crippen LogP contribution in [0.3, 0.4) is 0 Å². The van der Waals surface area contributed by atoms with E-state index >= 15 is 0 Å². The highest BCUT2D eigenvalue weighted by atomic mass is 16.5. The summed E-state index contributed by atoms with van der Waals surface area (Å²) in [5.74, 6) is 1.22. The molecule has 0 aliphatic carbocycles. The second kappa shape index (κ2) is 7.16. The van der Waals surface area contributed by atoms with E-state index in [1.165, 1.54) is 0 Å². The summed E-state index contributed by atoms with van der Waals surface area (Å²) in [7, 11) is 1.61. The van der Waals surface area contributed by atoms with Gasteiger partial charge in [-0.15, -0.1) is 0 Å². The Labute approximate surface area is 180 Å². The van der Waals surface area contributed by atoms with E-state index in [0.29, 0.717) is 23.7 Å². The van der Waals surface area contributed by atoms with Crippen molar-refractivity contribution in [3.05, 3.63) is 53.6 Å². The first kappa shape index (κ1) is 19.7. The maximum Gasteiger partial charge on any atom is 0.262 e. The number of amides is 1. The van der Waals surface area contributed by atoms with Gasteiger partial charge in [0.2, 0.25) is 0 Å². The van der Waals surface area contributed by atoms with Gasteiger partial charge in [0.15, 0.2) is 5.82 Å². The molecule has 0 aromatic carbocycles. The maximum absolute atomic E-state index is 13.5. The molecule has 1 fully saturated rings. The number of hydrogen-bond donors (Lipinski definition) is 0. The first-order chi connectivity index (χ1) is 14.9. The fourth-order valence-electron chi connectivity index (χ4n) is 4.45. The fourth-order valence-corrected chi connectivity index (χ4v) is 4.45. The first-order valence-electron chi connectivity index (χ1n) is 10.4. The molecule has 8 heteroatoms. The zero-order chi connectivity index (χ0) is 21.8. The van der Waals surface area contributed by atoms with Gasteiger partial charge >= 0.3 is 0 Å². The molecular formula is C23H25N5O3. The average Bonchev–Trinajstić information content (AvgIpc) is 3.48. The molecule has 0 radical (unpaired) electrons. The average molecular weight is 419 g/mol. The summed E-state index contributed by atoms with van der Waals surface area (Å²) in [4.78, 5) is 24.4. The lowest BCUT2D eigenvalue weighted by Gasteiger charge is -2.30. The molecule has 1 unspecified atom stereocenters. The number of anilines is 1. The van der Waals surface area contributed by atoms with Gasteiger partial charge in [-0.2, -0.15) is 5.10 Å². The lowest BCUT2D eigenvalue weighted by Crippen LogP contribution is -2.40. The lowest BCUT2D eigenvalue weighted by molar-refractivity contribution is 0.0980. The van der Waals surface area contributed by atoms with Crippen molar-refractivity contribution >= 4 is 11.7 Å². The highest BCUT2D eigenvalue weighted by molar-refractivity contribution is 6.12. The summed E-state index contributed by atoms with van der Waals surface area (Å²) in [5, 5.41) is 4.72. The molecule has 5 rings (SSSR count). The molecule has 0 saturated carbocycles. The number of carbonyl (C=O) groups excluding carboxylic acids is 1. The summed E-state index contributed by atoms with van der Waals surface area (Å²) in [6.07, 6.45) is 6.26. The monoisotopic (exact) mass is 419 g/mol. The first-order valence-corrected chi connectivity index (χ1v) is 10.4. The standard InChI is InChI=1S/C23H25N5O3/c1-14-9-18(15-10-17(30-4)12-24-11-15)25-21-20(14)22(29)28(23(21,2)3)19-5-7-27(26-19)16-6-8-31-13-16/h5,7,9-12,16H,6,8,13H2,1-4H3. The molecule has 0 N–H and O–H groups in total. The number of rotatable bonds is 4. The molecule has 3 aromatic heterocycles. The van der Waals surface area contributed by atoms with Crippen molar-refractivity contribution in [3.8, 4) is 17.0 Å². The fraction of sp³-hybridized carbons (Fsp3) is 0.391. The normalized spacial score (nSPS) is 19.7. The van der Waals surface area contributed by atoms with Gasteiger partial charge in [-0.05, 0) is 44.9 Å². The third-order valence-electron chi connectivity index (χ3n) is 6.12. The molecule has 3 aromatic rings. The summed E-state index contributed by atoms with van der Waals surface area (Å²) in [6.45, 7) is 7.36. The molecule has 8 nitrogen and oxygen atoms in total. The van der Waals surface area contributed by atoms with E-state index in [2.05, 4.69) is 4.98 Å². The number of ether oxygens (including phenoxy) is 2. The van der Waals surface area contributed by atoms with Crippen LogP contribution in [-0.4, -0.2) is 46.0 Å². The van der Waals surface area contributed by atoms with Crippen LogP contribution in [0.1, 0.15) is 47.9 Å². The molecule has 0 spiro atoms. The number of aromatic nitrogens is 4. The van der Waals surface area contributed by atoms with E-state index in [-0.39, 0.29) is 11.9 Å². The number of aryl methyl sites for hydroxylation is 1. The minimum Gasteiger partial charge on any atom is -0.495 e. The van der Waals surface area contributed by atoms with Crippen LogP contribution < -0.4 is 9.64 Å². The van der Waals surface area contributed by atoms with Crippen molar-refractivity contribution in [2.75, 3.05) is 25.2 Å². The number of pyridine rings is 2. The van der Waals surface area contributed by atoms with Crippen LogP contribution in [0.25, 0.3) is 11.3 Å². The summed E-state index contributed by atoms with van der Waals surface area (Å²) < 4.78 is 12.7. The van der Waals surface area contributed by atoms with Gasteiger partial charge in [-0.25, -0.2) is 4.98 Å². The maximum atomic E-state index is 13.5. The van der Waals surface area contributed by atoms with Gasteiger partial charge in [-0.3, -0.25) is 19.4 Å². The molecule has 2 aliphatic heterocycles. The van der Waals surface area contributed by atoms with Crippen molar-refractivity contribution in [1.82, 2.24) is 19.7 Å². The largest absolute Gasteiger partial charge is 0.495 e. The molecule has 5 heterocycles. The number of fused-ring (bicyclic) bond motifs is 1. The predicted octanol–water partition coefficient (Wildman–Crippen LogP) is 3.51. The van der Waals surface area contributed by atoms with Crippen LogP contribution in [0.4, 0.5) is 5.82 Å². The van der Waals surface area contributed by atoms with E-state index in [9.17, 15) is 4.79 Å². The van der Waals surface area contributed by atoms with E-state index in [1.807, 2.05) is 49.8 Å². The van der Waals surface area contributed by atoms with Crippen LogP contribution in [0.5, 0.6) is 5.75 Å². The molecule has 160 valence electrons. The van der Waals surface area contributed by atoms with Gasteiger partial charge in [0.1, 0.15) is 5.75 Å². The van der Waals surface area contributed by atoms with E-state index < -0.39 is 5.54 Å². The Morgan fingerprint density at radius 1 is 1.26 bits per heavy atom. The Kier molecular flexibility index (Phi) is 4.55. The molecule has 0 bridgehead atoms. The zero-order valence-electron chi connectivity index (χ0n) is 18.1. The smallest absolute Gasteiger partial charge is 0.262 e. The quantitative estimate of drug-likeness (QED) is 0.644. The topological polar surface area (TPSA) is 82.4 Å². The highest BCUT2D eigenvalue weighted by Gasteiger charge is 2.47. The Balaban J connectivity index is 1.56. The Bertz CT molecular complexity index is 1160. The number of hydrogen-bond acceptors (Lipinski definition) is 6. The Morgan fingerprint density at radius 3 is 2.84 bits per heavy atom. The van der Waals surface area contributed by atoms with Gasteiger partial charge < -0.3 is 9.47 Å². The van der Waals surface area contributed by atoms with Gasteiger partial charge in [0, 0.05) is 30.6 Å². The molecule has 1 atom stereocenters. The van der Waals surface area contributed by atoms with Crippen molar-refractivity contribution < 1.29 is 14.3 Å². The minimum absolute atomic E-state index is 0.0757. The van der Waals surface area contributed by atoms with Gasteiger partial charge in [-0.1, -0.05) is 0 Å². The Morgan fingerprint density at radius 2 is 2.10 bits per heavy atom. The molecule has 1 saturated heterocycles. The summed E-state index contributed by atoms with van der Waals surface area (Å²) >= 11 is 0. The number of nitrogens with zero attached hydrogens (tertiary/aromatic N) is 5. The lowest BCUT2D eigenvalue weighted by atomic mass is 9.96. The second-order valence-corrected chi connectivity index (χ2v) is 8.53. The molecule has 31 heavy (non-hydrogen) atoms. The highest BCUT2D eigenvalue weighted by Crippen LogP contribution is 2.42. The van der Waals surface area contributed by atoms with E-state index in [0.717, 1.165) is 35.5 Å². The third kappa shape index (κ3) is 3.09. The summed E-state index contributed by atoms with van der Waals surface area (Å²) in [6, 6.07) is 5.94. The van der Waals surface area contributed by atoms with Crippen molar-refractivity contribution in [3.63, 3.8) is 0 Å². The summed E-state index contributed by atoms with van der Waals surface area (Å²) in [5.41, 5.74) is 3.23. The number of carbonyl (C=O) groups is 1. The second-order valence-electron chi connectivity index (χ2n) is 8.53. The molecular weight excluding hydrogens is 394 g/mol.